The molecule has 0 aliphatic carbocycles. The van der Waals surface area contributed by atoms with Gasteiger partial charge in [0.15, 0.2) is 0 Å². The number of rotatable bonds is 3. The maximum Gasteiger partial charge on any atom is 0.125 e. The fraction of sp³-hybridized carbons (Fsp3) is 0.700. The molecule has 0 saturated carbocycles. The normalized spacial score (nSPS) is 37.7. The molecule has 3 atom stereocenters. The van der Waals surface area contributed by atoms with Crippen LogP contribution >= 0.6 is 0 Å². The van der Waals surface area contributed by atoms with Crippen LogP contribution in [-0.4, -0.2) is 18.0 Å². The van der Waals surface area contributed by atoms with Gasteiger partial charge in [-0.1, -0.05) is 13.0 Å². The second kappa shape index (κ2) is 3.40. The van der Waals surface area contributed by atoms with E-state index >= 15 is 0 Å². The maximum atomic E-state index is 10.5. The minimum absolute atomic E-state index is 0.00627. The van der Waals surface area contributed by atoms with Crippen molar-refractivity contribution in [2.24, 2.45) is 5.92 Å². The summed E-state index contributed by atoms with van der Waals surface area (Å²) in [4.78, 5) is 10.5. The van der Waals surface area contributed by atoms with Gasteiger partial charge in [-0.05, 0) is 19.8 Å². The third-order valence-corrected chi connectivity index (χ3v) is 2.58. The van der Waals surface area contributed by atoms with Crippen LogP contribution in [0.2, 0.25) is 0 Å². The summed E-state index contributed by atoms with van der Waals surface area (Å²) >= 11 is 0. The molecule has 2 heteroatoms. The minimum Gasteiger partial charge on any atom is -0.367 e. The smallest absolute Gasteiger partial charge is 0.125 e. The van der Waals surface area contributed by atoms with Crippen molar-refractivity contribution in [3.8, 4) is 0 Å². The van der Waals surface area contributed by atoms with Crippen LogP contribution in [0.25, 0.3) is 0 Å². The summed E-state index contributed by atoms with van der Waals surface area (Å²) in [6.45, 7) is 7.63. The topological polar surface area (TPSA) is 26.3 Å². The van der Waals surface area contributed by atoms with E-state index in [2.05, 4.69) is 6.58 Å². The highest BCUT2D eigenvalue weighted by Gasteiger charge is 2.35. The van der Waals surface area contributed by atoms with Crippen LogP contribution < -0.4 is 0 Å². The lowest BCUT2D eigenvalue weighted by Gasteiger charge is -2.21. The average Bonchev–Trinajstić information content (AvgIpc) is 2.48. The summed E-state index contributed by atoms with van der Waals surface area (Å²) in [5, 5.41) is 0. The zero-order valence-corrected chi connectivity index (χ0v) is 7.75. The zero-order valence-electron chi connectivity index (χ0n) is 7.75. The number of aldehydes is 1. The van der Waals surface area contributed by atoms with Crippen molar-refractivity contribution in [3.63, 3.8) is 0 Å². The first kappa shape index (κ1) is 9.46. The molecule has 2 nitrogen and oxygen atoms in total. The van der Waals surface area contributed by atoms with Crippen LogP contribution in [0.4, 0.5) is 0 Å². The Hall–Kier alpha value is -0.630. The van der Waals surface area contributed by atoms with Gasteiger partial charge in [-0.3, -0.25) is 0 Å². The summed E-state index contributed by atoms with van der Waals surface area (Å²) < 4.78 is 5.70. The Morgan fingerprint density at radius 3 is 2.83 bits per heavy atom. The molecule has 0 aromatic heterocycles. The zero-order chi connectivity index (χ0) is 9.19. The van der Waals surface area contributed by atoms with Gasteiger partial charge < -0.3 is 9.53 Å². The second-order valence-corrected chi connectivity index (χ2v) is 3.71. The van der Waals surface area contributed by atoms with Crippen LogP contribution in [0.15, 0.2) is 12.7 Å². The molecular formula is C10H16O2. The molecule has 0 bridgehead atoms. The monoisotopic (exact) mass is 168 g/mol. The first-order chi connectivity index (χ1) is 5.61. The standard InChI is InChI=1S/C10H16O2/c1-4-10(3)6-5-9(12-10)8(2)7-11/h4,7-9H,1,5-6H2,2-3H3/t8?,9-,10-/m1/s1. The van der Waals surface area contributed by atoms with Gasteiger partial charge in [0.05, 0.1) is 11.7 Å². The first-order valence-electron chi connectivity index (χ1n) is 4.38. The van der Waals surface area contributed by atoms with Gasteiger partial charge in [0.25, 0.3) is 0 Å². The molecule has 1 unspecified atom stereocenters. The molecule has 0 N–H and O–H groups in total. The van der Waals surface area contributed by atoms with E-state index in [-0.39, 0.29) is 17.6 Å². The predicted molar refractivity (Wildman–Crippen MR) is 47.9 cm³/mol. The Kier molecular flexibility index (Phi) is 2.68. The fourth-order valence-corrected chi connectivity index (χ4v) is 1.50. The Morgan fingerprint density at radius 1 is 1.75 bits per heavy atom. The summed E-state index contributed by atoms with van der Waals surface area (Å²) in [5.41, 5.74) is -0.206. The van der Waals surface area contributed by atoms with Gasteiger partial charge in [0.2, 0.25) is 0 Å². The van der Waals surface area contributed by atoms with Crippen LogP contribution in [0.5, 0.6) is 0 Å². The van der Waals surface area contributed by atoms with Crippen LogP contribution in [-0.2, 0) is 9.53 Å². The second-order valence-electron chi connectivity index (χ2n) is 3.71. The third kappa shape index (κ3) is 1.75. The Bertz CT molecular complexity index is 188. The Balaban J connectivity index is 2.55. The van der Waals surface area contributed by atoms with Gasteiger partial charge in [-0.15, -0.1) is 6.58 Å². The van der Waals surface area contributed by atoms with Crippen molar-refractivity contribution in [2.45, 2.75) is 38.4 Å². The summed E-state index contributed by atoms with van der Waals surface area (Å²) in [6.07, 6.45) is 4.80. The van der Waals surface area contributed by atoms with E-state index in [1.807, 2.05) is 19.9 Å². The van der Waals surface area contributed by atoms with E-state index in [0.717, 1.165) is 19.1 Å². The molecule has 1 heterocycles. The molecule has 12 heavy (non-hydrogen) atoms. The number of ether oxygens (including phenoxy) is 1. The van der Waals surface area contributed by atoms with E-state index in [0.29, 0.717) is 0 Å². The van der Waals surface area contributed by atoms with Crippen LogP contribution in [0, 0.1) is 5.92 Å². The lowest BCUT2D eigenvalue weighted by atomic mass is 10.00. The SMILES string of the molecule is C=C[C@]1(C)CC[C@H](C(C)C=O)O1. The quantitative estimate of drug-likeness (QED) is 0.475. The molecule has 0 aromatic rings. The molecule has 1 aliphatic heterocycles. The van der Waals surface area contributed by atoms with Crippen molar-refractivity contribution >= 4 is 6.29 Å². The largest absolute Gasteiger partial charge is 0.367 e. The van der Waals surface area contributed by atoms with E-state index in [1.54, 1.807) is 0 Å². The maximum absolute atomic E-state index is 10.5. The molecule has 1 fully saturated rings. The predicted octanol–water partition coefficient (Wildman–Crippen LogP) is 1.95. The highest BCUT2D eigenvalue weighted by molar-refractivity contribution is 5.53. The van der Waals surface area contributed by atoms with Crippen molar-refractivity contribution in [2.75, 3.05) is 0 Å². The molecule has 0 amide bonds. The first-order valence-corrected chi connectivity index (χ1v) is 4.38. The highest BCUT2D eigenvalue weighted by Crippen LogP contribution is 2.33. The van der Waals surface area contributed by atoms with Crippen LogP contribution in [0.3, 0.4) is 0 Å². The summed E-state index contributed by atoms with van der Waals surface area (Å²) in [7, 11) is 0. The average molecular weight is 168 g/mol. The molecule has 0 aromatic carbocycles. The van der Waals surface area contributed by atoms with Gasteiger partial charge in [-0.25, -0.2) is 0 Å². The van der Waals surface area contributed by atoms with E-state index < -0.39 is 0 Å². The summed E-state index contributed by atoms with van der Waals surface area (Å²) in [5.74, 6) is 0.00627. The highest BCUT2D eigenvalue weighted by atomic mass is 16.5. The molecule has 1 saturated heterocycles. The number of hydrogen-bond acceptors (Lipinski definition) is 2. The van der Waals surface area contributed by atoms with Crippen LogP contribution in [0.1, 0.15) is 26.7 Å². The molecule has 68 valence electrons. The Labute approximate surface area is 73.6 Å². The Morgan fingerprint density at radius 2 is 2.42 bits per heavy atom. The number of hydrogen-bond donors (Lipinski definition) is 0. The van der Waals surface area contributed by atoms with Crippen molar-refractivity contribution in [1.82, 2.24) is 0 Å². The minimum atomic E-state index is -0.206. The molecule has 0 spiro atoms. The number of carbonyl (C=O) groups is 1. The third-order valence-electron chi connectivity index (χ3n) is 2.58. The number of carbonyl (C=O) groups excluding carboxylic acids is 1. The van der Waals surface area contributed by atoms with Gasteiger partial charge in [0, 0.05) is 5.92 Å². The lowest BCUT2D eigenvalue weighted by Crippen LogP contribution is -2.25. The van der Waals surface area contributed by atoms with Crippen molar-refractivity contribution < 1.29 is 9.53 Å². The molecule has 0 radical (unpaired) electrons. The lowest BCUT2D eigenvalue weighted by molar-refractivity contribution is -0.115. The van der Waals surface area contributed by atoms with Crippen molar-refractivity contribution in [3.05, 3.63) is 12.7 Å². The fourth-order valence-electron chi connectivity index (χ4n) is 1.50. The van der Waals surface area contributed by atoms with E-state index in [4.69, 9.17) is 4.74 Å². The van der Waals surface area contributed by atoms with Gasteiger partial charge in [-0.2, -0.15) is 0 Å². The molecule has 1 aliphatic rings. The van der Waals surface area contributed by atoms with Crippen molar-refractivity contribution in [1.29, 1.82) is 0 Å². The van der Waals surface area contributed by atoms with Gasteiger partial charge >= 0.3 is 0 Å². The van der Waals surface area contributed by atoms with Gasteiger partial charge in [0.1, 0.15) is 6.29 Å². The molecule has 1 rings (SSSR count). The summed E-state index contributed by atoms with van der Waals surface area (Å²) in [6, 6.07) is 0. The van der Waals surface area contributed by atoms with E-state index in [1.165, 1.54) is 0 Å². The van der Waals surface area contributed by atoms with E-state index in [9.17, 15) is 4.79 Å². The molecular weight excluding hydrogens is 152 g/mol.